The Morgan fingerprint density at radius 1 is 1.50 bits per heavy atom. The van der Waals surface area contributed by atoms with Crippen molar-refractivity contribution in [3.8, 4) is 0 Å². The summed E-state index contributed by atoms with van der Waals surface area (Å²) < 4.78 is 13.4. The van der Waals surface area contributed by atoms with Gasteiger partial charge in [-0.2, -0.15) is 11.8 Å². The van der Waals surface area contributed by atoms with Crippen molar-refractivity contribution in [1.29, 1.82) is 0 Å². The van der Waals surface area contributed by atoms with E-state index in [0.29, 0.717) is 4.47 Å². The molecule has 0 atom stereocenters. The van der Waals surface area contributed by atoms with Crippen LogP contribution in [0.2, 0.25) is 0 Å². The fraction of sp³-hybridized carbons (Fsp3) is 0.400. The van der Waals surface area contributed by atoms with Gasteiger partial charge < -0.3 is 5.32 Å². The summed E-state index contributed by atoms with van der Waals surface area (Å²) in [5.41, 5.74) is 1.10. The van der Waals surface area contributed by atoms with Crippen LogP contribution in [0.15, 0.2) is 22.7 Å². The fourth-order valence-electron chi connectivity index (χ4n) is 1.06. The first-order valence-electron chi connectivity index (χ1n) is 4.37. The van der Waals surface area contributed by atoms with Gasteiger partial charge in [-0.15, -0.1) is 0 Å². The van der Waals surface area contributed by atoms with E-state index in [-0.39, 0.29) is 5.82 Å². The molecule has 0 aliphatic heterocycles. The molecule has 1 N–H and O–H groups in total. The molecule has 78 valence electrons. The Kier molecular flexibility index (Phi) is 5.52. The number of nitrogens with one attached hydrogen (secondary N) is 1. The van der Waals surface area contributed by atoms with Crippen LogP contribution < -0.4 is 5.32 Å². The minimum absolute atomic E-state index is 0.210. The van der Waals surface area contributed by atoms with Crippen molar-refractivity contribution in [3.63, 3.8) is 0 Å². The predicted octanol–water partition coefficient (Wildman–Crippen LogP) is 3.04. The number of thioether (sulfide) groups is 1. The van der Waals surface area contributed by atoms with Gasteiger partial charge in [-0.1, -0.05) is 6.07 Å². The molecular weight excluding hydrogens is 265 g/mol. The monoisotopic (exact) mass is 277 g/mol. The summed E-state index contributed by atoms with van der Waals surface area (Å²) in [4.78, 5) is 0. The number of rotatable bonds is 5. The second-order valence-corrected chi connectivity index (χ2v) is 4.76. The highest BCUT2D eigenvalue weighted by molar-refractivity contribution is 9.10. The van der Waals surface area contributed by atoms with Crippen LogP contribution in [0, 0.1) is 5.82 Å². The second kappa shape index (κ2) is 6.43. The van der Waals surface area contributed by atoms with E-state index < -0.39 is 0 Å². The lowest BCUT2D eigenvalue weighted by Crippen LogP contribution is -2.16. The van der Waals surface area contributed by atoms with Crippen molar-refractivity contribution in [1.82, 2.24) is 5.32 Å². The SMILES string of the molecule is CSCCNCc1ccc(F)c(Br)c1. The predicted molar refractivity (Wildman–Crippen MR) is 64.2 cm³/mol. The lowest BCUT2D eigenvalue weighted by molar-refractivity contribution is 0.619. The number of benzene rings is 1. The zero-order valence-corrected chi connectivity index (χ0v) is 10.4. The molecule has 1 aromatic carbocycles. The normalized spacial score (nSPS) is 10.5. The molecule has 4 heteroatoms. The minimum atomic E-state index is -0.210. The Hall–Kier alpha value is -0.0600. The van der Waals surface area contributed by atoms with Gasteiger partial charge in [0.2, 0.25) is 0 Å². The summed E-state index contributed by atoms with van der Waals surface area (Å²) in [5, 5.41) is 3.29. The number of hydrogen-bond donors (Lipinski definition) is 1. The van der Waals surface area contributed by atoms with Crippen molar-refractivity contribution in [2.75, 3.05) is 18.6 Å². The van der Waals surface area contributed by atoms with E-state index in [1.165, 1.54) is 6.07 Å². The molecule has 0 aliphatic carbocycles. The molecule has 14 heavy (non-hydrogen) atoms. The smallest absolute Gasteiger partial charge is 0.137 e. The van der Waals surface area contributed by atoms with Gasteiger partial charge in [0.15, 0.2) is 0 Å². The summed E-state index contributed by atoms with van der Waals surface area (Å²) in [6.07, 6.45) is 2.08. The highest BCUT2D eigenvalue weighted by Crippen LogP contribution is 2.16. The summed E-state index contributed by atoms with van der Waals surface area (Å²) in [7, 11) is 0. The van der Waals surface area contributed by atoms with Gasteiger partial charge >= 0.3 is 0 Å². The molecule has 1 rings (SSSR count). The molecule has 0 unspecified atom stereocenters. The minimum Gasteiger partial charge on any atom is -0.312 e. The third-order valence-corrected chi connectivity index (χ3v) is 3.02. The Morgan fingerprint density at radius 2 is 2.29 bits per heavy atom. The quantitative estimate of drug-likeness (QED) is 0.831. The van der Waals surface area contributed by atoms with Crippen LogP contribution in [0.25, 0.3) is 0 Å². The van der Waals surface area contributed by atoms with Gasteiger partial charge in [0.1, 0.15) is 5.82 Å². The lowest BCUT2D eigenvalue weighted by Gasteiger charge is -2.04. The maximum atomic E-state index is 12.9. The van der Waals surface area contributed by atoms with Crippen LogP contribution in [0.4, 0.5) is 4.39 Å². The van der Waals surface area contributed by atoms with Gasteiger partial charge in [0, 0.05) is 18.8 Å². The summed E-state index contributed by atoms with van der Waals surface area (Å²) >= 11 is 4.97. The Bertz CT molecular complexity index is 293. The number of hydrogen-bond acceptors (Lipinski definition) is 2. The molecule has 0 amide bonds. The molecule has 0 fully saturated rings. The van der Waals surface area contributed by atoms with Gasteiger partial charge in [-0.05, 0) is 39.9 Å². The van der Waals surface area contributed by atoms with Crippen molar-refractivity contribution >= 4 is 27.7 Å². The number of halogens is 2. The molecule has 0 aromatic heterocycles. The van der Waals surface area contributed by atoms with Crippen LogP contribution >= 0.6 is 27.7 Å². The van der Waals surface area contributed by atoms with Crippen LogP contribution in [0.1, 0.15) is 5.56 Å². The Labute approximate surface area is 96.6 Å². The Balaban J connectivity index is 2.39. The second-order valence-electron chi connectivity index (χ2n) is 2.92. The van der Waals surface area contributed by atoms with E-state index in [2.05, 4.69) is 27.5 Å². The van der Waals surface area contributed by atoms with Gasteiger partial charge in [-0.3, -0.25) is 0 Å². The van der Waals surface area contributed by atoms with Crippen molar-refractivity contribution < 1.29 is 4.39 Å². The molecular formula is C10H13BrFNS. The largest absolute Gasteiger partial charge is 0.312 e. The molecule has 0 radical (unpaired) electrons. The van der Waals surface area contributed by atoms with Crippen LogP contribution in [-0.4, -0.2) is 18.6 Å². The molecule has 1 aromatic rings. The molecule has 0 heterocycles. The third-order valence-electron chi connectivity index (χ3n) is 1.80. The van der Waals surface area contributed by atoms with Crippen molar-refractivity contribution in [3.05, 3.63) is 34.1 Å². The maximum Gasteiger partial charge on any atom is 0.137 e. The molecule has 0 spiro atoms. The maximum absolute atomic E-state index is 12.9. The third kappa shape index (κ3) is 3.98. The highest BCUT2D eigenvalue weighted by atomic mass is 79.9. The first-order chi connectivity index (χ1) is 6.74. The van der Waals surface area contributed by atoms with Gasteiger partial charge in [0.25, 0.3) is 0 Å². The zero-order valence-electron chi connectivity index (χ0n) is 8.02. The van der Waals surface area contributed by atoms with Gasteiger partial charge in [0.05, 0.1) is 4.47 Å². The molecule has 0 aliphatic rings. The van der Waals surface area contributed by atoms with Crippen molar-refractivity contribution in [2.45, 2.75) is 6.54 Å². The van der Waals surface area contributed by atoms with E-state index in [1.54, 1.807) is 12.1 Å². The molecule has 0 saturated carbocycles. The average molecular weight is 278 g/mol. The van der Waals surface area contributed by atoms with Crippen LogP contribution in [0.5, 0.6) is 0 Å². The summed E-state index contributed by atoms with van der Waals surface area (Å²) in [6, 6.07) is 5.09. The van der Waals surface area contributed by atoms with Crippen LogP contribution in [0.3, 0.4) is 0 Å². The summed E-state index contributed by atoms with van der Waals surface area (Å²) in [5.74, 6) is 0.889. The Morgan fingerprint density at radius 3 is 2.93 bits per heavy atom. The molecule has 0 bridgehead atoms. The summed E-state index contributed by atoms with van der Waals surface area (Å²) in [6.45, 7) is 1.77. The fourth-order valence-corrected chi connectivity index (χ4v) is 1.83. The molecule has 1 nitrogen and oxygen atoms in total. The van der Waals surface area contributed by atoms with E-state index in [0.717, 1.165) is 24.4 Å². The van der Waals surface area contributed by atoms with E-state index in [4.69, 9.17) is 0 Å². The van der Waals surface area contributed by atoms with Gasteiger partial charge in [-0.25, -0.2) is 4.39 Å². The first kappa shape index (κ1) is 12.0. The molecule has 0 saturated heterocycles. The highest BCUT2D eigenvalue weighted by Gasteiger charge is 1.99. The average Bonchev–Trinajstić information content (AvgIpc) is 2.18. The zero-order chi connectivity index (χ0) is 10.4. The van der Waals surface area contributed by atoms with E-state index in [1.807, 2.05) is 11.8 Å². The topological polar surface area (TPSA) is 12.0 Å². The standard InChI is InChI=1S/C10H13BrFNS/c1-14-5-4-13-7-8-2-3-10(12)9(11)6-8/h2-3,6,13H,4-5,7H2,1H3. The van der Waals surface area contributed by atoms with E-state index in [9.17, 15) is 4.39 Å². The lowest BCUT2D eigenvalue weighted by atomic mass is 10.2. The van der Waals surface area contributed by atoms with E-state index >= 15 is 0 Å². The van der Waals surface area contributed by atoms with Crippen molar-refractivity contribution in [2.24, 2.45) is 0 Å². The van der Waals surface area contributed by atoms with Crippen LogP contribution in [-0.2, 0) is 6.54 Å². The first-order valence-corrected chi connectivity index (χ1v) is 6.56.